The summed E-state index contributed by atoms with van der Waals surface area (Å²) in [4.78, 5) is 37.1. The third-order valence-corrected chi connectivity index (χ3v) is 5.58. The van der Waals surface area contributed by atoms with E-state index < -0.39 is 11.9 Å². The molecule has 0 aliphatic carbocycles. The molecule has 2 aromatic carbocycles. The maximum Gasteiger partial charge on any atom is 0.335 e. The summed E-state index contributed by atoms with van der Waals surface area (Å²) in [6, 6.07) is 12.7. The molecule has 4 rings (SSSR count). The van der Waals surface area contributed by atoms with Gasteiger partial charge in [0.05, 0.1) is 11.1 Å². The largest absolute Gasteiger partial charge is 0.478 e. The zero-order valence-electron chi connectivity index (χ0n) is 16.4. The summed E-state index contributed by atoms with van der Waals surface area (Å²) < 4.78 is 10.6. The fourth-order valence-electron chi connectivity index (χ4n) is 3.04. The molecule has 1 aliphatic rings. The van der Waals surface area contributed by atoms with Crippen molar-refractivity contribution in [1.82, 2.24) is 5.32 Å². The van der Waals surface area contributed by atoms with Gasteiger partial charge in [-0.25, -0.2) is 4.79 Å². The van der Waals surface area contributed by atoms with Crippen molar-refractivity contribution in [2.24, 2.45) is 0 Å². The highest BCUT2D eigenvalue weighted by atomic mass is 32.1. The van der Waals surface area contributed by atoms with Gasteiger partial charge in [-0.05, 0) is 55.0 Å². The Kier molecular flexibility index (Phi) is 5.59. The van der Waals surface area contributed by atoms with Crippen LogP contribution in [0.25, 0.3) is 0 Å². The maximum absolute atomic E-state index is 12.7. The van der Waals surface area contributed by atoms with Crippen LogP contribution in [0.2, 0.25) is 0 Å². The fourth-order valence-corrected chi connectivity index (χ4v) is 3.95. The maximum atomic E-state index is 12.7. The Balaban J connectivity index is 1.44. The molecule has 0 bridgehead atoms. The highest BCUT2D eigenvalue weighted by molar-refractivity contribution is 7.16. The van der Waals surface area contributed by atoms with Crippen molar-refractivity contribution in [3.05, 3.63) is 75.7 Å². The monoisotopic (exact) mass is 438 g/mol. The minimum atomic E-state index is -1.07. The van der Waals surface area contributed by atoms with Crippen LogP contribution in [0, 0.1) is 6.92 Å². The normalized spacial score (nSPS) is 11.8. The van der Waals surface area contributed by atoms with Crippen LogP contribution < -0.4 is 20.1 Å². The second-order valence-electron chi connectivity index (χ2n) is 6.81. The van der Waals surface area contributed by atoms with Gasteiger partial charge in [0.2, 0.25) is 6.79 Å². The number of hydrogen-bond acceptors (Lipinski definition) is 6. The Labute approximate surface area is 181 Å². The van der Waals surface area contributed by atoms with Gasteiger partial charge in [0.25, 0.3) is 11.8 Å². The van der Waals surface area contributed by atoms with Crippen LogP contribution in [-0.4, -0.2) is 29.7 Å². The van der Waals surface area contributed by atoms with Gasteiger partial charge in [-0.1, -0.05) is 6.07 Å². The van der Waals surface area contributed by atoms with Gasteiger partial charge in [0, 0.05) is 17.0 Å². The van der Waals surface area contributed by atoms with E-state index in [-0.39, 0.29) is 24.8 Å². The van der Waals surface area contributed by atoms with E-state index in [0.29, 0.717) is 27.6 Å². The molecule has 8 nitrogen and oxygen atoms in total. The van der Waals surface area contributed by atoms with Gasteiger partial charge in [0.15, 0.2) is 11.5 Å². The number of amides is 2. The number of benzene rings is 2. The molecular weight excluding hydrogens is 420 g/mol. The van der Waals surface area contributed by atoms with E-state index in [1.165, 1.54) is 35.6 Å². The number of hydrogen-bond donors (Lipinski definition) is 3. The second-order valence-corrected chi connectivity index (χ2v) is 8.06. The number of nitrogens with one attached hydrogen (secondary N) is 2. The van der Waals surface area contributed by atoms with Gasteiger partial charge in [-0.3, -0.25) is 9.59 Å². The number of rotatable bonds is 6. The van der Waals surface area contributed by atoms with Gasteiger partial charge in [-0.2, -0.15) is 0 Å². The van der Waals surface area contributed by atoms with Crippen LogP contribution in [0.4, 0.5) is 5.00 Å². The predicted octanol–water partition coefficient (Wildman–Crippen LogP) is 3.67. The molecule has 3 aromatic rings. The van der Waals surface area contributed by atoms with E-state index in [4.69, 9.17) is 14.6 Å². The number of aromatic carboxylic acids is 1. The molecule has 0 saturated carbocycles. The summed E-state index contributed by atoms with van der Waals surface area (Å²) in [6.07, 6.45) is 0. The van der Waals surface area contributed by atoms with Crippen molar-refractivity contribution in [3.63, 3.8) is 0 Å². The van der Waals surface area contributed by atoms with E-state index >= 15 is 0 Å². The first-order chi connectivity index (χ1) is 14.9. The smallest absolute Gasteiger partial charge is 0.335 e. The third-order valence-electron chi connectivity index (χ3n) is 4.61. The minimum Gasteiger partial charge on any atom is -0.478 e. The highest BCUT2D eigenvalue weighted by Crippen LogP contribution is 2.32. The number of thiophene rings is 1. The zero-order valence-corrected chi connectivity index (χ0v) is 17.2. The molecule has 3 N–H and O–H groups in total. The Bertz CT molecular complexity index is 1170. The van der Waals surface area contributed by atoms with E-state index in [1.807, 2.05) is 19.1 Å². The highest BCUT2D eigenvalue weighted by Gasteiger charge is 2.19. The van der Waals surface area contributed by atoms with Crippen molar-refractivity contribution in [2.75, 3.05) is 12.1 Å². The summed E-state index contributed by atoms with van der Waals surface area (Å²) in [6.45, 7) is 2.31. The average molecular weight is 438 g/mol. The van der Waals surface area contributed by atoms with Crippen molar-refractivity contribution < 1.29 is 29.0 Å². The predicted molar refractivity (Wildman–Crippen MR) is 114 cm³/mol. The molecule has 0 spiro atoms. The first-order valence-corrected chi connectivity index (χ1v) is 10.1. The van der Waals surface area contributed by atoms with Crippen LogP contribution in [0.15, 0.2) is 48.5 Å². The molecule has 0 unspecified atom stereocenters. The number of carboxylic acids is 1. The number of carbonyl (C=O) groups is 3. The molecule has 0 saturated heterocycles. The third kappa shape index (κ3) is 4.51. The Morgan fingerprint density at radius 3 is 2.42 bits per heavy atom. The molecule has 0 radical (unpaired) electrons. The molecule has 2 amide bonds. The summed E-state index contributed by atoms with van der Waals surface area (Å²) >= 11 is 1.29. The Morgan fingerprint density at radius 2 is 1.68 bits per heavy atom. The standard InChI is InChI=1S/C22H18N2O6S/c1-12-8-16(20(26)23-10-13-2-7-17-18(9-13)30-11-29-17)21(31-12)24-19(25)14-3-5-15(6-4-14)22(27)28/h2-9H,10-11H2,1H3,(H,23,26)(H,24,25)(H,27,28). The first-order valence-electron chi connectivity index (χ1n) is 9.32. The van der Waals surface area contributed by atoms with E-state index in [9.17, 15) is 14.4 Å². The average Bonchev–Trinajstić information content (AvgIpc) is 3.37. The molecule has 9 heteroatoms. The van der Waals surface area contributed by atoms with Crippen LogP contribution in [0.5, 0.6) is 11.5 Å². The second kappa shape index (κ2) is 8.49. The van der Waals surface area contributed by atoms with Crippen molar-refractivity contribution in [1.29, 1.82) is 0 Å². The lowest BCUT2D eigenvalue weighted by molar-refractivity contribution is 0.0696. The lowest BCUT2D eigenvalue weighted by atomic mass is 10.1. The van der Waals surface area contributed by atoms with Crippen LogP contribution in [-0.2, 0) is 6.54 Å². The molecule has 158 valence electrons. The van der Waals surface area contributed by atoms with Gasteiger partial charge in [0.1, 0.15) is 5.00 Å². The lowest BCUT2D eigenvalue weighted by Crippen LogP contribution is -2.24. The molecule has 1 aromatic heterocycles. The molecule has 0 fully saturated rings. The van der Waals surface area contributed by atoms with Crippen molar-refractivity contribution in [3.8, 4) is 11.5 Å². The van der Waals surface area contributed by atoms with Gasteiger partial charge >= 0.3 is 5.97 Å². The van der Waals surface area contributed by atoms with Crippen molar-refractivity contribution in [2.45, 2.75) is 13.5 Å². The van der Waals surface area contributed by atoms with Crippen LogP contribution in [0.3, 0.4) is 0 Å². The van der Waals surface area contributed by atoms with Gasteiger partial charge in [-0.15, -0.1) is 11.3 Å². The minimum absolute atomic E-state index is 0.0899. The number of fused-ring (bicyclic) bond motifs is 1. The number of ether oxygens (including phenoxy) is 2. The quantitative estimate of drug-likeness (QED) is 0.541. The molecule has 0 atom stereocenters. The Morgan fingerprint density at radius 1 is 0.968 bits per heavy atom. The van der Waals surface area contributed by atoms with Crippen LogP contribution >= 0.6 is 11.3 Å². The Hall–Kier alpha value is -3.85. The van der Waals surface area contributed by atoms with Crippen LogP contribution in [0.1, 0.15) is 41.5 Å². The van der Waals surface area contributed by atoms with Gasteiger partial charge < -0.3 is 25.2 Å². The molecule has 1 aliphatic heterocycles. The molecule has 31 heavy (non-hydrogen) atoms. The summed E-state index contributed by atoms with van der Waals surface area (Å²) in [5, 5.41) is 15.0. The topological polar surface area (TPSA) is 114 Å². The number of aryl methyl sites for hydroxylation is 1. The molecular formula is C22H18N2O6S. The van der Waals surface area contributed by atoms with E-state index in [0.717, 1.165) is 10.4 Å². The first kappa shape index (κ1) is 20.4. The number of carboxylic acid groups (broad SMARTS) is 1. The SMILES string of the molecule is Cc1cc(C(=O)NCc2ccc3c(c2)OCO3)c(NC(=O)c2ccc(C(=O)O)cc2)s1. The summed E-state index contributed by atoms with van der Waals surface area (Å²) in [5.41, 5.74) is 1.60. The number of anilines is 1. The lowest BCUT2D eigenvalue weighted by Gasteiger charge is -2.08. The fraction of sp³-hybridized carbons (Fsp3) is 0.136. The summed E-state index contributed by atoms with van der Waals surface area (Å²) in [5.74, 6) is -0.505. The molecule has 2 heterocycles. The number of carbonyl (C=O) groups excluding carboxylic acids is 2. The zero-order chi connectivity index (χ0) is 22.0. The van der Waals surface area contributed by atoms with E-state index in [1.54, 1.807) is 12.1 Å². The van der Waals surface area contributed by atoms with Crippen molar-refractivity contribution >= 4 is 34.1 Å². The van der Waals surface area contributed by atoms with E-state index in [2.05, 4.69) is 10.6 Å². The summed E-state index contributed by atoms with van der Waals surface area (Å²) in [7, 11) is 0.